The van der Waals surface area contributed by atoms with E-state index < -0.39 is 10.7 Å². The molecule has 1 amide bonds. The van der Waals surface area contributed by atoms with Crippen molar-refractivity contribution in [2.75, 3.05) is 13.2 Å². The minimum atomic E-state index is -1.13. The Bertz CT molecular complexity index is 530. The van der Waals surface area contributed by atoms with Crippen molar-refractivity contribution in [2.24, 2.45) is 0 Å². The quantitative estimate of drug-likeness (QED) is 0.479. The first kappa shape index (κ1) is 20.8. The fourth-order valence-corrected chi connectivity index (χ4v) is 2.46. The Balaban J connectivity index is 2.68. The molecule has 0 aromatic heterocycles. The van der Waals surface area contributed by atoms with Crippen LogP contribution in [0.15, 0.2) is 24.3 Å². The van der Waals surface area contributed by atoms with Gasteiger partial charge >= 0.3 is 5.97 Å². The van der Waals surface area contributed by atoms with Gasteiger partial charge in [0.1, 0.15) is 6.61 Å². The molecule has 4 nitrogen and oxygen atoms in total. The van der Waals surface area contributed by atoms with Gasteiger partial charge in [0.05, 0.1) is 6.54 Å². The average molecular weight is 374 g/mol. The SMILES string of the molecule is CCCC(=O)OCCN(Cc1ccc(C(C)C)cc1)C(=O)C(Cl)Cl. The maximum Gasteiger partial charge on any atom is 0.305 e. The van der Waals surface area contributed by atoms with Gasteiger partial charge in [0.2, 0.25) is 0 Å². The van der Waals surface area contributed by atoms with Gasteiger partial charge in [0.25, 0.3) is 5.91 Å². The first-order chi connectivity index (χ1) is 11.3. The fourth-order valence-electron chi connectivity index (χ4n) is 2.18. The van der Waals surface area contributed by atoms with Gasteiger partial charge in [0.15, 0.2) is 4.84 Å². The van der Waals surface area contributed by atoms with Crippen LogP contribution >= 0.6 is 23.2 Å². The second-order valence-corrected chi connectivity index (χ2v) is 7.02. The molecule has 1 rings (SSSR count). The number of ether oxygens (including phenoxy) is 1. The Morgan fingerprint density at radius 1 is 1.17 bits per heavy atom. The molecule has 0 heterocycles. The molecule has 0 unspecified atom stereocenters. The highest BCUT2D eigenvalue weighted by Crippen LogP contribution is 2.17. The lowest BCUT2D eigenvalue weighted by Gasteiger charge is -2.23. The standard InChI is InChI=1S/C18H25Cl2NO3/c1-4-5-16(22)24-11-10-21(18(23)17(19)20)12-14-6-8-15(9-7-14)13(2)3/h6-9,13,17H,4-5,10-12H2,1-3H3. The largest absolute Gasteiger partial charge is 0.464 e. The monoisotopic (exact) mass is 373 g/mol. The highest BCUT2D eigenvalue weighted by atomic mass is 35.5. The van der Waals surface area contributed by atoms with Crippen molar-refractivity contribution < 1.29 is 14.3 Å². The normalized spacial score (nSPS) is 11.0. The Morgan fingerprint density at radius 3 is 2.29 bits per heavy atom. The first-order valence-corrected chi connectivity index (χ1v) is 9.03. The zero-order valence-corrected chi connectivity index (χ0v) is 15.9. The van der Waals surface area contributed by atoms with Crippen molar-refractivity contribution >= 4 is 35.1 Å². The van der Waals surface area contributed by atoms with E-state index in [0.717, 1.165) is 12.0 Å². The Kier molecular flexibility index (Phi) is 9.16. The van der Waals surface area contributed by atoms with Crippen LogP contribution < -0.4 is 0 Å². The molecule has 0 saturated heterocycles. The number of amides is 1. The molecule has 0 saturated carbocycles. The molecule has 0 atom stereocenters. The van der Waals surface area contributed by atoms with Crippen LogP contribution in [-0.4, -0.2) is 34.8 Å². The molecule has 134 valence electrons. The number of carbonyl (C=O) groups excluding carboxylic acids is 2. The zero-order valence-electron chi connectivity index (χ0n) is 14.4. The maximum atomic E-state index is 12.1. The predicted octanol–water partition coefficient (Wildman–Crippen LogP) is 4.29. The lowest BCUT2D eigenvalue weighted by molar-refractivity contribution is -0.145. The molecule has 1 aromatic carbocycles. The summed E-state index contributed by atoms with van der Waals surface area (Å²) in [5.41, 5.74) is 2.21. The van der Waals surface area contributed by atoms with E-state index in [1.165, 1.54) is 10.5 Å². The molecule has 6 heteroatoms. The van der Waals surface area contributed by atoms with Gasteiger partial charge < -0.3 is 9.64 Å². The van der Waals surface area contributed by atoms with Crippen LogP contribution in [0.25, 0.3) is 0 Å². The topological polar surface area (TPSA) is 46.6 Å². The molecular weight excluding hydrogens is 349 g/mol. The molecule has 0 N–H and O–H groups in total. The zero-order chi connectivity index (χ0) is 18.1. The molecule has 0 aliphatic heterocycles. The number of alkyl halides is 2. The van der Waals surface area contributed by atoms with Crippen LogP contribution in [0, 0.1) is 0 Å². The second-order valence-electron chi connectivity index (χ2n) is 5.93. The van der Waals surface area contributed by atoms with Crippen molar-refractivity contribution in [1.82, 2.24) is 4.90 Å². The van der Waals surface area contributed by atoms with E-state index in [1.807, 2.05) is 31.2 Å². The number of halogens is 2. The van der Waals surface area contributed by atoms with Gasteiger partial charge in [-0.05, 0) is 23.5 Å². The van der Waals surface area contributed by atoms with Crippen molar-refractivity contribution in [3.05, 3.63) is 35.4 Å². The molecule has 1 aromatic rings. The summed E-state index contributed by atoms with van der Waals surface area (Å²) in [6.07, 6.45) is 1.10. The van der Waals surface area contributed by atoms with Gasteiger partial charge in [-0.3, -0.25) is 9.59 Å². The van der Waals surface area contributed by atoms with E-state index in [1.54, 1.807) is 0 Å². The minimum absolute atomic E-state index is 0.134. The Labute approximate surface area is 154 Å². The summed E-state index contributed by atoms with van der Waals surface area (Å²) in [5, 5.41) is 0. The Morgan fingerprint density at radius 2 is 1.79 bits per heavy atom. The Hall–Kier alpha value is -1.26. The summed E-state index contributed by atoms with van der Waals surface area (Å²) in [6.45, 7) is 6.93. The molecule has 0 radical (unpaired) electrons. The number of carbonyl (C=O) groups is 2. The summed E-state index contributed by atoms with van der Waals surface area (Å²) in [6, 6.07) is 8.05. The van der Waals surface area contributed by atoms with E-state index in [0.29, 0.717) is 18.9 Å². The van der Waals surface area contributed by atoms with Crippen molar-refractivity contribution in [3.8, 4) is 0 Å². The minimum Gasteiger partial charge on any atom is -0.464 e. The van der Waals surface area contributed by atoms with E-state index >= 15 is 0 Å². The highest BCUT2D eigenvalue weighted by molar-refractivity contribution is 6.53. The number of benzene rings is 1. The van der Waals surface area contributed by atoms with Crippen molar-refractivity contribution in [2.45, 2.75) is 50.9 Å². The molecule has 0 bridgehead atoms. The third kappa shape index (κ3) is 7.10. The summed E-state index contributed by atoms with van der Waals surface area (Å²) >= 11 is 11.4. The number of hydrogen-bond donors (Lipinski definition) is 0. The first-order valence-electron chi connectivity index (χ1n) is 8.16. The fraction of sp³-hybridized carbons (Fsp3) is 0.556. The number of nitrogens with zero attached hydrogens (tertiary/aromatic N) is 1. The van der Waals surface area contributed by atoms with Crippen LogP contribution in [0.3, 0.4) is 0 Å². The maximum absolute atomic E-state index is 12.1. The van der Waals surface area contributed by atoms with E-state index in [2.05, 4.69) is 13.8 Å². The lowest BCUT2D eigenvalue weighted by Crippen LogP contribution is -2.37. The third-order valence-electron chi connectivity index (χ3n) is 3.60. The smallest absolute Gasteiger partial charge is 0.305 e. The second kappa shape index (κ2) is 10.6. The van der Waals surface area contributed by atoms with Gasteiger partial charge in [0, 0.05) is 13.0 Å². The van der Waals surface area contributed by atoms with Crippen LogP contribution in [-0.2, 0) is 20.9 Å². The number of hydrogen-bond acceptors (Lipinski definition) is 3. The highest BCUT2D eigenvalue weighted by Gasteiger charge is 2.21. The molecule has 0 aliphatic carbocycles. The number of rotatable bonds is 9. The van der Waals surface area contributed by atoms with Crippen molar-refractivity contribution in [1.29, 1.82) is 0 Å². The van der Waals surface area contributed by atoms with Crippen LogP contribution in [0.5, 0.6) is 0 Å². The average Bonchev–Trinajstić information content (AvgIpc) is 2.53. The molecule has 24 heavy (non-hydrogen) atoms. The summed E-state index contributed by atoms with van der Waals surface area (Å²) < 4.78 is 5.11. The molecular formula is C18H25Cl2NO3. The van der Waals surface area contributed by atoms with Crippen LogP contribution in [0.1, 0.15) is 50.7 Å². The summed E-state index contributed by atoms with van der Waals surface area (Å²) in [4.78, 5) is 23.9. The van der Waals surface area contributed by atoms with E-state index in [9.17, 15) is 9.59 Å². The molecule has 0 spiro atoms. The molecule has 0 fully saturated rings. The van der Waals surface area contributed by atoms with E-state index in [4.69, 9.17) is 27.9 Å². The van der Waals surface area contributed by atoms with E-state index in [-0.39, 0.29) is 19.1 Å². The van der Waals surface area contributed by atoms with Gasteiger partial charge in [-0.15, -0.1) is 0 Å². The molecule has 0 aliphatic rings. The van der Waals surface area contributed by atoms with Gasteiger partial charge in [-0.2, -0.15) is 0 Å². The van der Waals surface area contributed by atoms with Gasteiger partial charge in [-0.1, -0.05) is 68.2 Å². The third-order valence-corrected chi connectivity index (χ3v) is 3.97. The number of esters is 1. The van der Waals surface area contributed by atoms with Crippen LogP contribution in [0.4, 0.5) is 0 Å². The van der Waals surface area contributed by atoms with Crippen LogP contribution in [0.2, 0.25) is 0 Å². The predicted molar refractivity (Wildman–Crippen MR) is 97.3 cm³/mol. The summed E-state index contributed by atoms with van der Waals surface area (Å²) in [7, 11) is 0. The van der Waals surface area contributed by atoms with Gasteiger partial charge in [-0.25, -0.2) is 0 Å². The summed E-state index contributed by atoms with van der Waals surface area (Å²) in [5.74, 6) is -0.206. The van der Waals surface area contributed by atoms with Crippen molar-refractivity contribution in [3.63, 3.8) is 0 Å². The lowest BCUT2D eigenvalue weighted by atomic mass is 10.0.